The van der Waals surface area contributed by atoms with Crippen molar-refractivity contribution in [2.24, 2.45) is 0 Å². The molecule has 1 unspecified atom stereocenters. The number of nitrogens with zero attached hydrogens (tertiary/aromatic N) is 1. The van der Waals surface area contributed by atoms with Gasteiger partial charge in [0.1, 0.15) is 5.75 Å². The molecule has 1 N–H and O–H groups in total. The third-order valence-electron chi connectivity index (χ3n) is 4.92. The molecule has 3 aromatic carbocycles. The fourth-order valence-corrected chi connectivity index (χ4v) is 3.59. The molecule has 1 atom stereocenters. The first kappa shape index (κ1) is 19.6. The number of carbonyl (C=O) groups is 1. The predicted octanol–water partition coefficient (Wildman–Crippen LogP) is 5.81. The number of anilines is 1. The molecule has 4 heteroatoms. The Morgan fingerprint density at radius 2 is 1.77 bits per heavy atom. The van der Waals surface area contributed by atoms with Crippen LogP contribution in [0.4, 0.5) is 5.69 Å². The standard InChI is InChI=1S/C26H24N2O2/c1-18-15-21-11-8-14-27-25(21)23(16-18)28-26(29)22-12-6-7-13-24(22)30-19(2)17-20-9-4-3-5-10-20/h3-16,19H,17H2,1-2H3,(H,28,29). The first-order valence-corrected chi connectivity index (χ1v) is 10.1. The van der Waals surface area contributed by atoms with E-state index in [9.17, 15) is 4.79 Å². The van der Waals surface area contributed by atoms with Gasteiger partial charge in [-0.3, -0.25) is 9.78 Å². The molecule has 4 nitrogen and oxygen atoms in total. The van der Waals surface area contributed by atoms with E-state index >= 15 is 0 Å². The number of aryl methyl sites for hydroxylation is 1. The van der Waals surface area contributed by atoms with Gasteiger partial charge in [-0.2, -0.15) is 0 Å². The summed E-state index contributed by atoms with van der Waals surface area (Å²) in [4.78, 5) is 17.6. The number of aromatic nitrogens is 1. The molecule has 0 saturated heterocycles. The third-order valence-corrected chi connectivity index (χ3v) is 4.92. The highest BCUT2D eigenvalue weighted by Crippen LogP contribution is 2.26. The van der Waals surface area contributed by atoms with E-state index in [2.05, 4.69) is 28.5 Å². The lowest BCUT2D eigenvalue weighted by atomic mass is 10.1. The Morgan fingerprint density at radius 3 is 2.60 bits per heavy atom. The van der Waals surface area contributed by atoms with Crippen LogP contribution >= 0.6 is 0 Å². The molecular weight excluding hydrogens is 372 g/mol. The molecule has 0 spiro atoms. The van der Waals surface area contributed by atoms with E-state index in [0.29, 0.717) is 17.0 Å². The number of hydrogen-bond acceptors (Lipinski definition) is 3. The molecule has 150 valence electrons. The van der Waals surface area contributed by atoms with Gasteiger partial charge in [0.25, 0.3) is 5.91 Å². The zero-order chi connectivity index (χ0) is 20.9. The molecule has 1 aromatic heterocycles. The summed E-state index contributed by atoms with van der Waals surface area (Å²) in [5, 5.41) is 4.02. The SMILES string of the molecule is Cc1cc(NC(=O)c2ccccc2OC(C)Cc2ccccc2)c2ncccc2c1. The summed E-state index contributed by atoms with van der Waals surface area (Å²) >= 11 is 0. The lowest BCUT2D eigenvalue weighted by Crippen LogP contribution is -2.19. The van der Waals surface area contributed by atoms with Gasteiger partial charge in [0.15, 0.2) is 0 Å². The van der Waals surface area contributed by atoms with Crippen LogP contribution in [-0.2, 0) is 6.42 Å². The summed E-state index contributed by atoms with van der Waals surface area (Å²) in [6.07, 6.45) is 2.43. The zero-order valence-electron chi connectivity index (χ0n) is 17.1. The number of pyridine rings is 1. The van der Waals surface area contributed by atoms with Crippen LogP contribution in [0.5, 0.6) is 5.75 Å². The fourth-order valence-electron chi connectivity index (χ4n) is 3.59. The second kappa shape index (κ2) is 8.78. The van der Waals surface area contributed by atoms with E-state index in [1.165, 1.54) is 5.56 Å². The topological polar surface area (TPSA) is 51.2 Å². The van der Waals surface area contributed by atoms with Gasteiger partial charge in [0.05, 0.1) is 22.9 Å². The molecule has 0 bridgehead atoms. The Bertz CT molecular complexity index is 1170. The normalized spacial score (nSPS) is 11.8. The van der Waals surface area contributed by atoms with Gasteiger partial charge in [-0.05, 0) is 55.3 Å². The summed E-state index contributed by atoms with van der Waals surface area (Å²) in [5.41, 5.74) is 4.23. The van der Waals surface area contributed by atoms with Crippen molar-refractivity contribution in [2.45, 2.75) is 26.4 Å². The number of carbonyl (C=O) groups excluding carboxylic acids is 1. The summed E-state index contributed by atoms with van der Waals surface area (Å²) in [5.74, 6) is 0.360. The summed E-state index contributed by atoms with van der Waals surface area (Å²) in [6.45, 7) is 4.02. The number of benzene rings is 3. The smallest absolute Gasteiger partial charge is 0.259 e. The number of fused-ring (bicyclic) bond motifs is 1. The maximum atomic E-state index is 13.1. The van der Waals surface area contributed by atoms with Crippen molar-refractivity contribution >= 4 is 22.5 Å². The van der Waals surface area contributed by atoms with E-state index in [1.807, 2.05) is 68.4 Å². The van der Waals surface area contributed by atoms with Crippen LogP contribution in [0.1, 0.15) is 28.4 Å². The quantitative estimate of drug-likeness (QED) is 0.448. The maximum Gasteiger partial charge on any atom is 0.259 e. The molecule has 0 fully saturated rings. The zero-order valence-corrected chi connectivity index (χ0v) is 17.1. The van der Waals surface area contributed by atoms with Crippen LogP contribution in [0.15, 0.2) is 85.1 Å². The van der Waals surface area contributed by atoms with Crippen molar-refractivity contribution in [1.82, 2.24) is 4.98 Å². The lowest BCUT2D eigenvalue weighted by molar-refractivity contribution is 0.102. The molecule has 0 aliphatic carbocycles. The minimum absolute atomic E-state index is 0.0668. The number of nitrogens with one attached hydrogen (secondary N) is 1. The molecule has 4 rings (SSSR count). The molecule has 30 heavy (non-hydrogen) atoms. The number of ether oxygens (including phenoxy) is 1. The Hall–Kier alpha value is -3.66. The van der Waals surface area contributed by atoms with E-state index in [0.717, 1.165) is 22.9 Å². The largest absolute Gasteiger partial charge is 0.490 e. The summed E-state index contributed by atoms with van der Waals surface area (Å²) < 4.78 is 6.14. The Balaban J connectivity index is 1.56. The van der Waals surface area contributed by atoms with Crippen molar-refractivity contribution < 1.29 is 9.53 Å². The van der Waals surface area contributed by atoms with Crippen LogP contribution in [0.3, 0.4) is 0 Å². The molecule has 0 aliphatic rings. The average molecular weight is 396 g/mol. The van der Waals surface area contributed by atoms with Crippen LogP contribution in [0.25, 0.3) is 10.9 Å². The van der Waals surface area contributed by atoms with Gasteiger partial charge >= 0.3 is 0 Å². The van der Waals surface area contributed by atoms with E-state index in [-0.39, 0.29) is 12.0 Å². The highest BCUT2D eigenvalue weighted by atomic mass is 16.5. The van der Waals surface area contributed by atoms with E-state index < -0.39 is 0 Å². The molecule has 0 saturated carbocycles. The fraction of sp³-hybridized carbons (Fsp3) is 0.154. The lowest BCUT2D eigenvalue weighted by Gasteiger charge is -2.18. The molecule has 4 aromatic rings. The highest BCUT2D eigenvalue weighted by molar-refractivity contribution is 6.09. The van der Waals surface area contributed by atoms with E-state index in [4.69, 9.17) is 4.74 Å². The predicted molar refractivity (Wildman–Crippen MR) is 121 cm³/mol. The average Bonchev–Trinajstić information content (AvgIpc) is 2.74. The van der Waals surface area contributed by atoms with Crippen LogP contribution in [-0.4, -0.2) is 17.0 Å². The minimum Gasteiger partial charge on any atom is -0.490 e. The number of para-hydroxylation sites is 1. The monoisotopic (exact) mass is 396 g/mol. The van der Waals surface area contributed by atoms with Gasteiger partial charge in [-0.15, -0.1) is 0 Å². The molecule has 1 heterocycles. The van der Waals surface area contributed by atoms with Crippen LogP contribution < -0.4 is 10.1 Å². The minimum atomic E-state index is -0.213. The van der Waals surface area contributed by atoms with Crippen molar-refractivity contribution in [1.29, 1.82) is 0 Å². The summed E-state index contributed by atoms with van der Waals surface area (Å²) in [6, 6.07) is 25.4. The molecule has 1 amide bonds. The highest BCUT2D eigenvalue weighted by Gasteiger charge is 2.16. The molecule has 0 radical (unpaired) electrons. The first-order valence-electron chi connectivity index (χ1n) is 10.1. The number of hydrogen-bond donors (Lipinski definition) is 1. The Kier molecular flexibility index (Phi) is 5.75. The molecular formula is C26H24N2O2. The van der Waals surface area contributed by atoms with Crippen LogP contribution in [0.2, 0.25) is 0 Å². The number of rotatable bonds is 6. The van der Waals surface area contributed by atoms with Crippen molar-refractivity contribution in [3.05, 3.63) is 102 Å². The summed E-state index contributed by atoms with van der Waals surface area (Å²) in [7, 11) is 0. The second-order valence-corrected chi connectivity index (χ2v) is 7.46. The van der Waals surface area contributed by atoms with Gasteiger partial charge < -0.3 is 10.1 Å². The van der Waals surface area contributed by atoms with Crippen molar-refractivity contribution in [2.75, 3.05) is 5.32 Å². The maximum absolute atomic E-state index is 13.1. The van der Waals surface area contributed by atoms with E-state index in [1.54, 1.807) is 12.3 Å². The Labute approximate surface area is 176 Å². The van der Waals surface area contributed by atoms with Crippen molar-refractivity contribution in [3.8, 4) is 5.75 Å². The first-order chi connectivity index (χ1) is 14.6. The number of amides is 1. The van der Waals surface area contributed by atoms with Crippen LogP contribution in [0, 0.1) is 6.92 Å². The molecule has 0 aliphatic heterocycles. The van der Waals surface area contributed by atoms with Gasteiger partial charge in [-0.1, -0.05) is 48.5 Å². The van der Waals surface area contributed by atoms with Gasteiger partial charge in [0, 0.05) is 18.0 Å². The van der Waals surface area contributed by atoms with Crippen molar-refractivity contribution in [3.63, 3.8) is 0 Å². The third kappa shape index (κ3) is 4.49. The van der Waals surface area contributed by atoms with Gasteiger partial charge in [-0.25, -0.2) is 0 Å². The van der Waals surface area contributed by atoms with Gasteiger partial charge in [0.2, 0.25) is 0 Å². The second-order valence-electron chi connectivity index (χ2n) is 7.46. The Morgan fingerprint density at radius 1 is 1.00 bits per heavy atom.